The number of cyclic esters (lactones) is 1. The van der Waals surface area contributed by atoms with E-state index in [1.54, 1.807) is 49.5 Å². The summed E-state index contributed by atoms with van der Waals surface area (Å²) >= 11 is 0. The molecule has 1 aliphatic heterocycles. The van der Waals surface area contributed by atoms with E-state index in [-0.39, 0.29) is 24.7 Å². The molecule has 8 nitrogen and oxygen atoms in total. The van der Waals surface area contributed by atoms with Gasteiger partial charge in [0.05, 0.1) is 18.3 Å². The average Bonchev–Trinajstić information content (AvgIpc) is 3.31. The molecule has 1 unspecified atom stereocenters. The van der Waals surface area contributed by atoms with E-state index in [1.165, 1.54) is 16.8 Å². The number of carbonyl (C=O) groups excluding carboxylic acids is 3. The van der Waals surface area contributed by atoms with Crippen molar-refractivity contribution < 1.29 is 23.5 Å². The van der Waals surface area contributed by atoms with Gasteiger partial charge in [-0.15, -0.1) is 0 Å². The summed E-state index contributed by atoms with van der Waals surface area (Å²) in [6, 6.07) is 15.8. The third kappa shape index (κ3) is 4.30. The molecule has 1 fully saturated rings. The molecule has 1 atom stereocenters. The van der Waals surface area contributed by atoms with Gasteiger partial charge < -0.3 is 10.1 Å². The summed E-state index contributed by atoms with van der Waals surface area (Å²) in [5.41, 5.74) is 2.18. The Morgan fingerprint density at radius 2 is 1.87 bits per heavy atom. The highest BCUT2D eigenvalue weighted by molar-refractivity contribution is 5.98. The Labute approximate surface area is 177 Å². The fourth-order valence-corrected chi connectivity index (χ4v) is 3.33. The molecule has 31 heavy (non-hydrogen) atoms. The molecule has 0 bridgehead atoms. The Bertz CT molecular complexity index is 1110. The predicted molar refractivity (Wildman–Crippen MR) is 108 cm³/mol. The molecule has 3 aromatic rings. The second-order valence-electron chi connectivity index (χ2n) is 7.04. The summed E-state index contributed by atoms with van der Waals surface area (Å²) in [5, 5.41) is 7.20. The number of rotatable bonds is 6. The molecule has 1 N–H and O–H groups in total. The van der Waals surface area contributed by atoms with Crippen molar-refractivity contribution in [1.29, 1.82) is 0 Å². The lowest BCUT2D eigenvalue weighted by atomic mass is 10.1. The maximum atomic E-state index is 13.2. The Morgan fingerprint density at radius 3 is 2.52 bits per heavy atom. The van der Waals surface area contributed by atoms with Crippen LogP contribution in [0.2, 0.25) is 0 Å². The van der Waals surface area contributed by atoms with Crippen molar-refractivity contribution >= 4 is 17.9 Å². The summed E-state index contributed by atoms with van der Waals surface area (Å²) in [5.74, 6) is -1.25. The number of aromatic nitrogens is 2. The fourth-order valence-electron chi connectivity index (χ4n) is 3.33. The molecule has 3 amide bonds. The van der Waals surface area contributed by atoms with Crippen molar-refractivity contribution in [3.63, 3.8) is 0 Å². The number of nitrogens with zero attached hydrogens (tertiary/aromatic N) is 3. The van der Waals surface area contributed by atoms with Gasteiger partial charge in [-0.3, -0.25) is 14.3 Å². The van der Waals surface area contributed by atoms with Crippen molar-refractivity contribution in [3.8, 4) is 11.3 Å². The van der Waals surface area contributed by atoms with E-state index in [9.17, 15) is 18.8 Å². The molecule has 4 rings (SSSR count). The number of hydrogen-bond donors (Lipinski definition) is 1. The van der Waals surface area contributed by atoms with Gasteiger partial charge in [-0.2, -0.15) is 5.10 Å². The van der Waals surface area contributed by atoms with Gasteiger partial charge in [0.15, 0.2) is 6.61 Å². The molecule has 9 heteroatoms. The minimum absolute atomic E-state index is 0.0594. The lowest BCUT2D eigenvalue weighted by molar-refractivity contribution is -0.126. The largest absolute Gasteiger partial charge is 0.439 e. The van der Waals surface area contributed by atoms with Crippen LogP contribution >= 0.6 is 0 Å². The van der Waals surface area contributed by atoms with Crippen LogP contribution < -0.4 is 5.32 Å². The number of imide groups is 1. The van der Waals surface area contributed by atoms with E-state index in [0.29, 0.717) is 11.3 Å². The number of hydrogen-bond acceptors (Lipinski definition) is 5. The second-order valence-corrected chi connectivity index (χ2v) is 7.04. The Kier molecular flexibility index (Phi) is 5.48. The average molecular weight is 422 g/mol. The van der Waals surface area contributed by atoms with E-state index in [0.717, 1.165) is 10.5 Å². The predicted octanol–water partition coefficient (Wildman–Crippen LogP) is 2.68. The van der Waals surface area contributed by atoms with Crippen LogP contribution in [0.3, 0.4) is 0 Å². The summed E-state index contributed by atoms with van der Waals surface area (Å²) in [6.45, 7) is -0.368. The second kappa shape index (κ2) is 8.39. The van der Waals surface area contributed by atoms with Gasteiger partial charge in [-0.25, -0.2) is 14.1 Å². The fraction of sp³-hybridized carbons (Fsp3) is 0.182. The molecule has 2 aromatic carbocycles. The van der Waals surface area contributed by atoms with Gasteiger partial charge in [0.25, 0.3) is 11.8 Å². The number of carbonyl (C=O) groups is 3. The molecular formula is C22H19FN4O4. The van der Waals surface area contributed by atoms with Gasteiger partial charge in [0.1, 0.15) is 11.5 Å². The number of benzene rings is 2. The molecule has 1 saturated heterocycles. The first-order valence-corrected chi connectivity index (χ1v) is 9.55. The topological polar surface area (TPSA) is 93.5 Å². The number of aryl methyl sites for hydroxylation is 1. The van der Waals surface area contributed by atoms with Crippen molar-refractivity contribution in [3.05, 3.63) is 77.7 Å². The van der Waals surface area contributed by atoms with Crippen molar-refractivity contribution in [2.24, 2.45) is 7.05 Å². The van der Waals surface area contributed by atoms with Crippen molar-refractivity contribution in [2.45, 2.75) is 6.04 Å². The van der Waals surface area contributed by atoms with Crippen molar-refractivity contribution in [2.75, 3.05) is 13.2 Å². The highest BCUT2D eigenvalue weighted by Crippen LogP contribution is 2.21. The van der Waals surface area contributed by atoms with E-state index in [4.69, 9.17) is 4.74 Å². The standard InChI is InChI=1S/C22H19FN4O4/c1-26-19(11-17(25-26)15-7-9-16(23)10-8-15)21(29)24-18(14-5-3-2-4-6-14)12-27-20(28)13-31-22(27)30/h2-11,18H,12-13H2,1H3,(H,24,29). The molecule has 0 radical (unpaired) electrons. The van der Waals surface area contributed by atoms with E-state index < -0.39 is 23.9 Å². The number of halogens is 1. The van der Waals surface area contributed by atoms with Crippen LogP contribution in [0.1, 0.15) is 22.1 Å². The number of amides is 3. The van der Waals surface area contributed by atoms with Gasteiger partial charge in [0, 0.05) is 12.6 Å². The Morgan fingerprint density at radius 1 is 1.16 bits per heavy atom. The third-order valence-corrected chi connectivity index (χ3v) is 4.97. The Hall–Kier alpha value is -4.01. The maximum absolute atomic E-state index is 13.2. The summed E-state index contributed by atoms with van der Waals surface area (Å²) in [6.07, 6.45) is -0.737. The quantitative estimate of drug-likeness (QED) is 0.659. The zero-order valence-electron chi connectivity index (χ0n) is 16.6. The van der Waals surface area contributed by atoms with Gasteiger partial charge in [-0.1, -0.05) is 30.3 Å². The van der Waals surface area contributed by atoms with Crippen LogP contribution in [0.5, 0.6) is 0 Å². The van der Waals surface area contributed by atoms with E-state index in [1.807, 2.05) is 6.07 Å². The molecule has 0 spiro atoms. The minimum atomic E-state index is -0.737. The van der Waals surface area contributed by atoms with Gasteiger partial charge >= 0.3 is 6.09 Å². The van der Waals surface area contributed by atoms with Crippen LogP contribution in [-0.2, 0) is 16.6 Å². The number of ether oxygens (including phenoxy) is 1. The smallest absolute Gasteiger partial charge is 0.417 e. The van der Waals surface area contributed by atoms with Crippen molar-refractivity contribution in [1.82, 2.24) is 20.0 Å². The molecule has 2 heterocycles. The summed E-state index contributed by atoms with van der Waals surface area (Å²) in [4.78, 5) is 37.9. The van der Waals surface area contributed by atoms with Crippen LogP contribution in [0.15, 0.2) is 60.7 Å². The first-order chi connectivity index (χ1) is 14.9. The third-order valence-electron chi connectivity index (χ3n) is 4.97. The zero-order valence-corrected chi connectivity index (χ0v) is 16.6. The highest BCUT2D eigenvalue weighted by Gasteiger charge is 2.34. The normalized spacial score (nSPS) is 14.5. The molecule has 0 saturated carbocycles. The van der Waals surface area contributed by atoms with Crippen LogP contribution in [0, 0.1) is 5.82 Å². The van der Waals surface area contributed by atoms with Crippen LogP contribution in [-0.4, -0.2) is 45.7 Å². The SMILES string of the molecule is Cn1nc(-c2ccc(F)cc2)cc1C(=O)NC(CN1C(=O)COC1=O)c1ccccc1. The summed E-state index contributed by atoms with van der Waals surface area (Å²) < 4.78 is 19.4. The maximum Gasteiger partial charge on any atom is 0.417 e. The van der Waals surface area contributed by atoms with Crippen LogP contribution in [0.25, 0.3) is 11.3 Å². The first-order valence-electron chi connectivity index (χ1n) is 9.55. The zero-order chi connectivity index (χ0) is 22.0. The molecular weight excluding hydrogens is 403 g/mol. The lowest BCUT2D eigenvalue weighted by Crippen LogP contribution is -2.40. The van der Waals surface area contributed by atoms with E-state index in [2.05, 4.69) is 10.4 Å². The minimum Gasteiger partial charge on any atom is -0.439 e. The molecule has 1 aromatic heterocycles. The van der Waals surface area contributed by atoms with Gasteiger partial charge in [0.2, 0.25) is 0 Å². The Balaban J connectivity index is 1.58. The highest BCUT2D eigenvalue weighted by atomic mass is 19.1. The van der Waals surface area contributed by atoms with Gasteiger partial charge in [-0.05, 0) is 35.9 Å². The molecule has 0 aliphatic carbocycles. The first kappa shape index (κ1) is 20.3. The summed E-state index contributed by atoms with van der Waals surface area (Å²) in [7, 11) is 1.63. The molecule has 158 valence electrons. The van der Waals surface area contributed by atoms with Crippen LogP contribution in [0.4, 0.5) is 9.18 Å². The van der Waals surface area contributed by atoms with E-state index >= 15 is 0 Å². The number of nitrogens with one attached hydrogen (secondary N) is 1. The monoisotopic (exact) mass is 422 g/mol. The molecule has 1 aliphatic rings. The lowest BCUT2D eigenvalue weighted by Gasteiger charge is -2.22.